The average molecular weight is 300 g/mol. The van der Waals surface area contributed by atoms with Crippen molar-refractivity contribution >= 4 is 15.9 Å². The van der Waals surface area contributed by atoms with Crippen LogP contribution < -0.4 is 5.56 Å². The predicted octanol–water partition coefficient (Wildman–Crippen LogP) is 3.83. The molecule has 1 aromatic heterocycles. The van der Waals surface area contributed by atoms with Crippen molar-refractivity contribution in [3.05, 3.63) is 34.7 Å². The van der Waals surface area contributed by atoms with Crippen molar-refractivity contribution in [2.24, 2.45) is 5.41 Å². The van der Waals surface area contributed by atoms with E-state index in [2.05, 4.69) is 29.8 Å². The first kappa shape index (κ1) is 14.5. The van der Waals surface area contributed by atoms with Gasteiger partial charge in [0, 0.05) is 24.1 Å². The molecule has 0 N–H and O–H groups in total. The van der Waals surface area contributed by atoms with E-state index in [9.17, 15) is 4.79 Å². The van der Waals surface area contributed by atoms with Crippen molar-refractivity contribution in [3.63, 3.8) is 0 Å². The second kappa shape index (κ2) is 7.00. The van der Waals surface area contributed by atoms with Crippen LogP contribution in [0, 0.1) is 5.41 Å². The van der Waals surface area contributed by atoms with Crippen molar-refractivity contribution < 1.29 is 0 Å². The van der Waals surface area contributed by atoms with Crippen LogP contribution in [0.3, 0.4) is 0 Å². The van der Waals surface area contributed by atoms with Gasteiger partial charge in [-0.25, -0.2) is 0 Å². The van der Waals surface area contributed by atoms with E-state index in [1.54, 1.807) is 12.1 Å². The van der Waals surface area contributed by atoms with Gasteiger partial charge in [-0.3, -0.25) is 4.79 Å². The van der Waals surface area contributed by atoms with Crippen molar-refractivity contribution in [2.45, 2.75) is 46.1 Å². The molecule has 17 heavy (non-hydrogen) atoms. The Balaban J connectivity index is 2.92. The van der Waals surface area contributed by atoms with Gasteiger partial charge in [0.05, 0.1) is 0 Å². The van der Waals surface area contributed by atoms with Crippen molar-refractivity contribution in [3.8, 4) is 0 Å². The van der Waals surface area contributed by atoms with E-state index in [-0.39, 0.29) is 11.0 Å². The highest BCUT2D eigenvalue weighted by Gasteiger charge is 2.27. The summed E-state index contributed by atoms with van der Waals surface area (Å²) in [5.41, 5.74) is 0.319. The topological polar surface area (TPSA) is 22.0 Å². The quantitative estimate of drug-likeness (QED) is 0.701. The smallest absolute Gasteiger partial charge is 0.250 e. The molecule has 96 valence electrons. The molecule has 0 unspecified atom stereocenters. The molecule has 0 aliphatic rings. The summed E-state index contributed by atoms with van der Waals surface area (Å²) in [7, 11) is 0. The van der Waals surface area contributed by atoms with Crippen molar-refractivity contribution in [2.75, 3.05) is 5.33 Å². The Bertz CT molecular complexity index is 380. The molecule has 2 nitrogen and oxygen atoms in total. The lowest BCUT2D eigenvalue weighted by molar-refractivity contribution is 0.230. The fourth-order valence-electron chi connectivity index (χ4n) is 2.47. The molecule has 0 saturated carbocycles. The van der Waals surface area contributed by atoms with Crippen LogP contribution in [0.5, 0.6) is 0 Å². The van der Waals surface area contributed by atoms with E-state index in [1.165, 1.54) is 0 Å². The van der Waals surface area contributed by atoms with E-state index >= 15 is 0 Å². The summed E-state index contributed by atoms with van der Waals surface area (Å²) < 4.78 is 1.84. The Hall–Kier alpha value is -0.570. The maximum Gasteiger partial charge on any atom is 0.250 e. The molecule has 0 radical (unpaired) electrons. The van der Waals surface area contributed by atoms with Gasteiger partial charge < -0.3 is 4.57 Å². The lowest BCUT2D eigenvalue weighted by atomic mass is 9.81. The second-order valence-electron chi connectivity index (χ2n) is 4.80. The second-order valence-corrected chi connectivity index (χ2v) is 5.36. The Labute approximate surface area is 112 Å². The SMILES string of the molecule is CCCC(CBr)(CCC)Cn1ccccc1=O. The van der Waals surface area contributed by atoms with Gasteiger partial charge in [-0.15, -0.1) is 0 Å². The van der Waals surface area contributed by atoms with Crippen LogP contribution in [0.15, 0.2) is 29.2 Å². The summed E-state index contributed by atoms with van der Waals surface area (Å²) in [5, 5.41) is 0.961. The molecule has 0 bridgehead atoms. The van der Waals surface area contributed by atoms with E-state index < -0.39 is 0 Å². The largest absolute Gasteiger partial charge is 0.315 e. The molecule has 3 heteroatoms. The zero-order chi connectivity index (χ0) is 12.7. The molecule has 0 aliphatic carbocycles. The standard InChI is InChI=1S/C14H22BrNO/c1-3-8-14(11-15,9-4-2)12-16-10-6-5-7-13(16)17/h5-7,10H,3-4,8-9,11-12H2,1-2H3. The minimum atomic E-state index is 0.102. The van der Waals surface area contributed by atoms with Crippen LogP contribution in [0.25, 0.3) is 0 Å². The van der Waals surface area contributed by atoms with Crippen LogP contribution in [-0.2, 0) is 6.54 Å². The Morgan fingerprint density at radius 1 is 1.24 bits per heavy atom. The number of nitrogens with zero attached hydrogens (tertiary/aromatic N) is 1. The monoisotopic (exact) mass is 299 g/mol. The number of aromatic nitrogens is 1. The lowest BCUT2D eigenvalue weighted by Gasteiger charge is -2.32. The fourth-order valence-corrected chi connectivity index (χ4v) is 3.21. The minimum Gasteiger partial charge on any atom is -0.315 e. The number of pyridine rings is 1. The highest BCUT2D eigenvalue weighted by atomic mass is 79.9. The highest BCUT2D eigenvalue weighted by Crippen LogP contribution is 2.33. The first-order valence-electron chi connectivity index (χ1n) is 6.39. The third-order valence-corrected chi connectivity index (χ3v) is 4.44. The number of alkyl halides is 1. The number of hydrogen-bond donors (Lipinski definition) is 0. The van der Waals surface area contributed by atoms with Crippen LogP contribution in [-0.4, -0.2) is 9.90 Å². The van der Waals surface area contributed by atoms with Gasteiger partial charge >= 0.3 is 0 Å². The minimum absolute atomic E-state index is 0.102. The molecule has 0 fully saturated rings. The number of hydrogen-bond acceptors (Lipinski definition) is 1. The first-order chi connectivity index (χ1) is 8.17. The van der Waals surface area contributed by atoms with Gasteiger partial charge in [-0.1, -0.05) is 48.7 Å². The molecule has 0 atom stereocenters. The maximum absolute atomic E-state index is 11.8. The Morgan fingerprint density at radius 2 is 1.88 bits per heavy atom. The van der Waals surface area contributed by atoms with Crippen LogP contribution >= 0.6 is 15.9 Å². The molecule has 1 rings (SSSR count). The van der Waals surface area contributed by atoms with Gasteiger partial charge in [-0.2, -0.15) is 0 Å². The third-order valence-electron chi connectivity index (χ3n) is 3.25. The van der Waals surface area contributed by atoms with Gasteiger partial charge in [0.25, 0.3) is 5.56 Å². The Kier molecular flexibility index (Phi) is 5.96. The molecule has 0 amide bonds. The molecular formula is C14H22BrNO. The molecule has 0 aromatic carbocycles. The van der Waals surface area contributed by atoms with Gasteiger partial charge in [0.2, 0.25) is 0 Å². The summed E-state index contributed by atoms with van der Waals surface area (Å²) in [6.45, 7) is 5.24. The summed E-state index contributed by atoms with van der Waals surface area (Å²) in [5.74, 6) is 0. The zero-order valence-corrected chi connectivity index (χ0v) is 12.4. The number of rotatable bonds is 7. The fraction of sp³-hybridized carbons (Fsp3) is 0.643. The Morgan fingerprint density at radius 3 is 2.35 bits per heavy atom. The first-order valence-corrected chi connectivity index (χ1v) is 7.51. The average Bonchev–Trinajstić information content (AvgIpc) is 2.33. The van der Waals surface area contributed by atoms with Gasteiger partial charge in [0.1, 0.15) is 0 Å². The van der Waals surface area contributed by atoms with Gasteiger partial charge in [0.15, 0.2) is 0 Å². The number of halogens is 1. The zero-order valence-electron chi connectivity index (χ0n) is 10.8. The van der Waals surface area contributed by atoms with Gasteiger partial charge in [-0.05, 0) is 24.3 Å². The summed E-state index contributed by atoms with van der Waals surface area (Å²) in [6, 6.07) is 5.36. The summed E-state index contributed by atoms with van der Waals surface area (Å²) in [6.07, 6.45) is 6.53. The van der Waals surface area contributed by atoms with E-state index in [0.29, 0.717) is 0 Å². The summed E-state index contributed by atoms with van der Waals surface area (Å²) in [4.78, 5) is 11.8. The van der Waals surface area contributed by atoms with Crippen molar-refractivity contribution in [1.29, 1.82) is 0 Å². The molecular weight excluding hydrogens is 278 g/mol. The van der Waals surface area contributed by atoms with Crippen molar-refractivity contribution in [1.82, 2.24) is 4.57 Å². The third kappa shape index (κ3) is 3.98. The molecule has 0 spiro atoms. The molecule has 0 aliphatic heterocycles. The normalized spacial score (nSPS) is 11.7. The van der Waals surface area contributed by atoms with Crippen LogP contribution in [0.1, 0.15) is 39.5 Å². The van der Waals surface area contributed by atoms with E-state index in [0.717, 1.165) is 37.6 Å². The van der Waals surface area contributed by atoms with E-state index in [4.69, 9.17) is 0 Å². The molecule has 1 heterocycles. The highest BCUT2D eigenvalue weighted by molar-refractivity contribution is 9.09. The summed E-state index contributed by atoms with van der Waals surface area (Å²) >= 11 is 3.64. The molecule has 0 saturated heterocycles. The van der Waals surface area contributed by atoms with Crippen LogP contribution in [0.4, 0.5) is 0 Å². The van der Waals surface area contributed by atoms with Crippen LogP contribution in [0.2, 0.25) is 0 Å². The maximum atomic E-state index is 11.8. The van der Waals surface area contributed by atoms with E-state index in [1.807, 2.05) is 16.8 Å². The lowest BCUT2D eigenvalue weighted by Crippen LogP contribution is -2.33. The predicted molar refractivity (Wildman–Crippen MR) is 76.7 cm³/mol. The molecule has 1 aromatic rings.